The van der Waals surface area contributed by atoms with Crippen LogP contribution < -0.4 is 5.32 Å². The van der Waals surface area contributed by atoms with Gasteiger partial charge in [-0.3, -0.25) is 4.79 Å². The van der Waals surface area contributed by atoms with Gasteiger partial charge >= 0.3 is 0 Å². The maximum atomic E-state index is 12.8. The number of hydrogen-bond acceptors (Lipinski definition) is 7. The summed E-state index contributed by atoms with van der Waals surface area (Å²) in [5, 5.41) is 11.5. The van der Waals surface area contributed by atoms with Crippen LogP contribution in [-0.4, -0.2) is 46.5 Å². The lowest BCUT2D eigenvalue weighted by Crippen LogP contribution is -2.35. The highest BCUT2D eigenvalue weighted by molar-refractivity contribution is 7.99. The van der Waals surface area contributed by atoms with Gasteiger partial charge in [-0.15, -0.1) is 21.5 Å². The molecule has 0 unspecified atom stereocenters. The van der Waals surface area contributed by atoms with Gasteiger partial charge in [-0.05, 0) is 61.0 Å². The third-order valence-corrected chi connectivity index (χ3v) is 9.41. The van der Waals surface area contributed by atoms with Crippen LogP contribution in [-0.2, 0) is 28.3 Å². The zero-order chi connectivity index (χ0) is 21.8. The predicted octanol–water partition coefficient (Wildman–Crippen LogP) is 3.38. The van der Waals surface area contributed by atoms with Gasteiger partial charge in [-0.25, -0.2) is 8.42 Å². The third kappa shape index (κ3) is 5.35. The number of aromatic nitrogens is 3. The zero-order valence-corrected chi connectivity index (χ0v) is 19.5. The topological polar surface area (TPSA) is 97.2 Å². The highest BCUT2D eigenvalue weighted by Crippen LogP contribution is 2.28. The van der Waals surface area contributed by atoms with Crippen LogP contribution in [0.1, 0.15) is 24.1 Å². The minimum Gasteiger partial charge on any atom is -0.326 e. The Bertz CT molecular complexity index is 1150. The lowest BCUT2D eigenvalue weighted by molar-refractivity contribution is -0.115. The molecule has 3 heterocycles. The SMILES string of the molecule is Cn1cnnc1Sc1ccc(NC(=O)Cc2ccc(S(=O)(=O)N3CCCCC3)s2)cc1. The van der Waals surface area contributed by atoms with Gasteiger partial charge in [0.25, 0.3) is 10.0 Å². The number of piperidine rings is 1. The van der Waals surface area contributed by atoms with Gasteiger partial charge in [0.1, 0.15) is 10.5 Å². The number of carbonyl (C=O) groups excluding carboxylic acids is 1. The molecular weight excluding hydrogens is 454 g/mol. The summed E-state index contributed by atoms with van der Waals surface area (Å²) in [6, 6.07) is 10.8. The Morgan fingerprint density at radius 1 is 1.13 bits per heavy atom. The molecule has 2 aromatic heterocycles. The molecule has 0 aliphatic carbocycles. The molecule has 1 fully saturated rings. The molecule has 0 atom stereocenters. The minimum absolute atomic E-state index is 0.135. The number of amides is 1. The van der Waals surface area contributed by atoms with Gasteiger partial charge < -0.3 is 9.88 Å². The molecule has 8 nitrogen and oxygen atoms in total. The molecule has 1 N–H and O–H groups in total. The number of carbonyl (C=O) groups is 1. The van der Waals surface area contributed by atoms with E-state index in [1.54, 1.807) is 22.8 Å². The lowest BCUT2D eigenvalue weighted by Gasteiger charge is -2.25. The fraction of sp³-hybridized carbons (Fsp3) is 0.350. The Morgan fingerprint density at radius 3 is 2.55 bits per heavy atom. The van der Waals surface area contributed by atoms with Crippen molar-refractivity contribution < 1.29 is 13.2 Å². The van der Waals surface area contributed by atoms with Crippen molar-refractivity contribution in [2.75, 3.05) is 18.4 Å². The normalized spacial score (nSPS) is 15.1. The number of anilines is 1. The van der Waals surface area contributed by atoms with E-state index in [1.165, 1.54) is 23.1 Å². The van der Waals surface area contributed by atoms with Gasteiger partial charge in [0, 0.05) is 35.6 Å². The minimum atomic E-state index is -3.46. The maximum absolute atomic E-state index is 12.8. The van der Waals surface area contributed by atoms with Gasteiger partial charge in [0.15, 0.2) is 5.16 Å². The van der Waals surface area contributed by atoms with Crippen LogP contribution in [0.25, 0.3) is 0 Å². The molecule has 1 aliphatic heterocycles. The van der Waals surface area contributed by atoms with Crippen LogP contribution >= 0.6 is 23.1 Å². The average molecular weight is 478 g/mol. The Kier molecular flexibility index (Phi) is 6.75. The molecule has 0 saturated carbocycles. The van der Waals surface area contributed by atoms with E-state index in [-0.39, 0.29) is 12.3 Å². The molecule has 31 heavy (non-hydrogen) atoms. The first kappa shape index (κ1) is 22.0. The average Bonchev–Trinajstić information content (AvgIpc) is 3.40. The quantitative estimate of drug-likeness (QED) is 0.560. The van der Waals surface area contributed by atoms with Gasteiger partial charge in [0.2, 0.25) is 5.91 Å². The Morgan fingerprint density at radius 2 is 1.87 bits per heavy atom. The van der Waals surface area contributed by atoms with E-state index in [4.69, 9.17) is 0 Å². The van der Waals surface area contributed by atoms with Crippen LogP contribution in [0.4, 0.5) is 5.69 Å². The fourth-order valence-electron chi connectivity index (χ4n) is 3.26. The zero-order valence-electron chi connectivity index (χ0n) is 17.0. The fourth-order valence-corrected chi connectivity index (χ4v) is 7.05. The second kappa shape index (κ2) is 9.51. The smallest absolute Gasteiger partial charge is 0.252 e. The van der Waals surface area contributed by atoms with Crippen molar-refractivity contribution in [1.29, 1.82) is 0 Å². The van der Waals surface area contributed by atoms with E-state index in [0.717, 1.165) is 34.2 Å². The van der Waals surface area contributed by atoms with E-state index >= 15 is 0 Å². The molecule has 1 aliphatic rings. The largest absolute Gasteiger partial charge is 0.326 e. The Balaban J connectivity index is 1.34. The van der Waals surface area contributed by atoms with Crippen molar-refractivity contribution in [1.82, 2.24) is 19.1 Å². The second-order valence-electron chi connectivity index (χ2n) is 7.26. The van der Waals surface area contributed by atoms with Crippen LogP contribution in [0.15, 0.2) is 57.0 Å². The van der Waals surface area contributed by atoms with E-state index in [0.29, 0.717) is 23.0 Å². The summed E-state index contributed by atoms with van der Waals surface area (Å²) >= 11 is 2.65. The standard InChI is InChI=1S/C20H23N5O3S3/c1-24-14-21-23-20(24)30-16-7-5-15(6-8-16)22-18(26)13-17-9-10-19(29-17)31(27,28)25-11-3-2-4-12-25/h5-10,14H,2-4,11-13H2,1H3,(H,22,26). The van der Waals surface area contributed by atoms with Crippen LogP contribution in [0.3, 0.4) is 0 Å². The number of benzene rings is 1. The van der Waals surface area contributed by atoms with Gasteiger partial charge in [0.05, 0.1) is 6.42 Å². The molecule has 1 amide bonds. The van der Waals surface area contributed by atoms with Crippen molar-refractivity contribution in [2.24, 2.45) is 7.05 Å². The Hall–Kier alpha value is -2.21. The maximum Gasteiger partial charge on any atom is 0.252 e. The molecule has 4 rings (SSSR count). The summed E-state index contributed by atoms with van der Waals surface area (Å²) in [4.78, 5) is 14.1. The summed E-state index contributed by atoms with van der Waals surface area (Å²) < 4.78 is 29.2. The molecule has 1 aromatic carbocycles. The van der Waals surface area contributed by atoms with Crippen molar-refractivity contribution in [3.63, 3.8) is 0 Å². The summed E-state index contributed by atoms with van der Waals surface area (Å²) in [7, 11) is -1.58. The molecule has 0 spiro atoms. The summed E-state index contributed by atoms with van der Waals surface area (Å²) in [5.41, 5.74) is 0.685. The number of nitrogens with one attached hydrogen (secondary N) is 1. The molecule has 11 heteroatoms. The second-order valence-corrected chi connectivity index (χ2v) is 11.6. The first-order valence-corrected chi connectivity index (χ1v) is 13.0. The number of sulfonamides is 1. The van der Waals surface area contributed by atoms with E-state index in [9.17, 15) is 13.2 Å². The van der Waals surface area contributed by atoms with Gasteiger partial charge in [-0.1, -0.05) is 6.42 Å². The van der Waals surface area contributed by atoms with Crippen LogP contribution in [0, 0.1) is 0 Å². The van der Waals surface area contributed by atoms with Crippen LogP contribution in [0.5, 0.6) is 0 Å². The predicted molar refractivity (Wildman–Crippen MR) is 121 cm³/mol. The number of thiophene rings is 1. The first-order chi connectivity index (χ1) is 14.9. The van der Waals surface area contributed by atoms with Gasteiger partial charge in [-0.2, -0.15) is 4.31 Å². The number of aryl methyl sites for hydroxylation is 1. The number of hydrogen-bond donors (Lipinski definition) is 1. The van der Waals surface area contributed by atoms with E-state index in [1.807, 2.05) is 35.9 Å². The molecular formula is C20H23N5O3S3. The van der Waals surface area contributed by atoms with Crippen molar-refractivity contribution in [2.45, 2.75) is 39.9 Å². The Labute approximate surface area is 189 Å². The molecule has 0 bridgehead atoms. The van der Waals surface area contributed by atoms with E-state index in [2.05, 4.69) is 15.5 Å². The molecule has 3 aromatic rings. The summed E-state index contributed by atoms with van der Waals surface area (Å²) in [5.74, 6) is -0.183. The first-order valence-electron chi connectivity index (χ1n) is 9.92. The van der Waals surface area contributed by atoms with Crippen molar-refractivity contribution in [3.05, 3.63) is 47.6 Å². The molecule has 1 saturated heterocycles. The highest BCUT2D eigenvalue weighted by Gasteiger charge is 2.27. The van der Waals surface area contributed by atoms with E-state index < -0.39 is 10.0 Å². The summed E-state index contributed by atoms with van der Waals surface area (Å²) in [6.07, 6.45) is 4.65. The van der Waals surface area contributed by atoms with Crippen molar-refractivity contribution >= 4 is 44.7 Å². The van der Waals surface area contributed by atoms with Crippen molar-refractivity contribution in [3.8, 4) is 0 Å². The third-order valence-electron chi connectivity index (χ3n) is 4.90. The highest BCUT2D eigenvalue weighted by atomic mass is 32.2. The van der Waals surface area contributed by atoms with Crippen LogP contribution in [0.2, 0.25) is 0 Å². The molecule has 0 radical (unpaired) electrons. The summed E-state index contributed by atoms with van der Waals surface area (Å²) in [6.45, 7) is 1.14. The number of nitrogens with zero attached hydrogens (tertiary/aromatic N) is 4. The number of rotatable bonds is 7. The monoisotopic (exact) mass is 477 g/mol. The lowest BCUT2D eigenvalue weighted by atomic mass is 10.2. The molecule has 164 valence electrons.